The van der Waals surface area contributed by atoms with Crippen LogP contribution in [0.4, 0.5) is 0 Å². The first-order valence-electron chi connectivity index (χ1n) is 9.56. The molecule has 0 saturated carbocycles. The molecule has 3 heterocycles. The van der Waals surface area contributed by atoms with Gasteiger partial charge in [-0.25, -0.2) is 9.78 Å². The predicted molar refractivity (Wildman–Crippen MR) is 117 cm³/mol. The zero-order chi connectivity index (χ0) is 21.5. The molecule has 0 aliphatic rings. The van der Waals surface area contributed by atoms with Gasteiger partial charge in [0.1, 0.15) is 9.88 Å². The van der Waals surface area contributed by atoms with E-state index in [-0.39, 0.29) is 12.2 Å². The molecular weight excluding hydrogens is 414 g/mol. The van der Waals surface area contributed by atoms with Crippen LogP contribution in [0, 0.1) is 6.92 Å². The smallest absolute Gasteiger partial charge is 0.350 e. The Morgan fingerprint density at radius 1 is 1.06 bits per heavy atom. The highest BCUT2D eigenvalue weighted by Gasteiger charge is 2.20. The first-order valence-corrected chi connectivity index (χ1v) is 10.4. The summed E-state index contributed by atoms with van der Waals surface area (Å²) in [6.45, 7) is 1.70. The molecule has 0 amide bonds. The van der Waals surface area contributed by atoms with Gasteiger partial charge in [0, 0.05) is 12.6 Å². The Hall–Kier alpha value is -3.85. The molecule has 3 aromatic heterocycles. The predicted octanol–water partition coefficient (Wildman–Crippen LogP) is 3.37. The quantitative estimate of drug-likeness (QED) is 0.405. The normalized spacial score (nSPS) is 11.3. The topological polar surface area (TPSA) is 91.4 Å². The van der Waals surface area contributed by atoms with Gasteiger partial charge in [0.05, 0.1) is 16.6 Å². The highest BCUT2D eigenvalue weighted by atomic mass is 32.1. The molecule has 0 atom stereocenters. The van der Waals surface area contributed by atoms with E-state index in [2.05, 4.69) is 15.2 Å². The van der Waals surface area contributed by atoms with E-state index in [0.29, 0.717) is 33.1 Å². The maximum atomic E-state index is 12.8. The van der Waals surface area contributed by atoms with Crippen molar-refractivity contribution in [2.45, 2.75) is 13.5 Å². The molecule has 2 aromatic carbocycles. The van der Waals surface area contributed by atoms with Crippen molar-refractivity contribution in [2.75, 3.05) is 0 Å². The van der Waals surface area contributed by atoms with Gasteiger partial charge in [-0.05, 0) is 19.1 Å². The van der Waals surface area contributed by atoms with Crippen LogP contribution in [0.3, 0.4) is 0 Å². The lowest BCUT2D eigenvalue weighted by Crippen LogP contribution is -2.20. The average Bonchev–Trinajstić information content (AvgIpc) is 3.40. The molecule has 9 heteroatoms. The van der Waals surface area contributed by atoms with Gasteiger partial charge in [-0.15, -0.1) is 21.5 Å². The molecule has 154 valence electrons. The summed E-state index contributed by atoms with van der Waals surface area (Å²) in [5.74, 6) is 0.346. The fourth-order valence-corrected chi connectivity index (χ4v) is 4.44. The monoisotopic (exact) mass is 431 g/mol. The SMILES string of the molecule is Cc1nc(-c2ccccc2)sc1C(=O)OCc1nnc2n(C)c(=O)c3ccccc3n12. The van der Waals surface area contributed by atoms with Gasteiger partial charge >= 0.3 is 5.97 Å². The number of aromatic nitrogens is 5. The van der Waals surface area contributed by atoms with Gasteiger partial charge in [-0.2, -0.15) is 0 Å². The number of ether oxygens (including phenoxy) is 1. The number of rotatable bonds is 4. The molecular formula is C22H17N5O3S. The first-order chi connectivity index (χ1) is 15.0. The van der Waals surface area contributed by atoms with Crippen molar-refractivity contribution in [1.29, 1.82) is 0 Å². The van der Waals surface area contributed by atoms with Crippen molar-refractivity contribution in [3.8, 4) is 10.6 Å². The summed E-state index contributed by atoms with van der Waals surface area (Å²) in [5.41, 5.74) is 2.07. The van der Waals surface area contributed by atoms with Crippen molar-refractivity contribution in [2.24, 2.45) is 7.05 Å². The van der Waals surface area contributed by atoms with Crippen LogP contribution in [0.2, 0.25) is 0 Å². The number of fused-ring (bicyclic) bond motifs is 3. The van der Waals surface area contributed by atoms with E-state index in [0.717, 1.165) is 10.6 Å². The standard InChI is InChI=1S/C22H17N5O3S/c1-13-18(31-19(23-13)14-8-4-3-5-9-14)21(29)30-12-17-24-25-22-26(2)20(28)15-10-6-7-11-16(15)27(17)22/h3-11H,12H2,1-2H3. The summed E-state index contributed by atoms with van der Waals surface area (Å²) in [6.07, 6.45) is 0. The lowest BCUT2D eigenvalue weighted by atomic mass is 10.2. The number of aryl methyl sites for hydroxylation is 2. The second-order valence-electron chi connectivity index (χ2n) is 7.01. The molecule has 0 unspecified atom stereocenters. The molecule has 0 fully saturated rings. The second-order valence-corrected chi connectivity index (χ2v) is 8.01. The maximum Gasteiger partial charge on any atom is 0.350 e. The van der Waals surface area contributed by atoms with Crippen LogP contribution in [-0.4, -0.2) is 30.1 Å². The molecule has 0 spiro atoms. The van der Waals surface area contributed by atoms with Gasteiger partial charge in [-0.1, -0.05) is 42.5 Å². The minimum absolute atomic E-state index is 0.0831. The van der Waals surface area contributed by atoms with Crippen LogP contribution in [0.15, 0.2) is 59.4 Å². The first kappa shape index (κ1) is 19.1. The number of para-hydroxylation sites is 1. The van der Waals surface area contributed by atoms with E-state index in [1.54, 1.807) is 30.5 Å². The zero-order valence-electron chi connectivity index (χ0n) is 16.8. The Morgan fingerprint density at radius 3 is 2.61 bits per heavy atom. The molecule has 8 nitrogen and oxygen atoms in total. The Kier molecular flexibility index (Phi) is 4.59. The molecule has 0 saturated heterocycles. The van der Waals surface area contributed by atoms with E-state index < -0.39 is 5.97 Å². The van der Waals surface area contributed by atoms with Crippen molar-refractivity contribution in [3.05, 3.63) is 81.3 Å². The second kappa shape index (κ2) is 7.44. The van der Waals surface area contributed by atoms with Crippen LogP contribution in [0.1, 0.15) is 21.2 Å². The summed E-state index contributed by atoms with van der Waals surface area (Å²) >= 11 is 1.29. The summed E-state index contributed by atoms with van der Waals surface area (Å²) in [4.78, 5) is 30.3. The van der Waals surface area contributed by atoms with Crippen LogP contribution in [0.5, 0.6) is 0 Å². The van der Waals surface area contributed by atoms with E-state index in [9.17, 15) is 9.59 Å². The van der Waals surface area contributed by atoms with Crippen molar-refractivity contribution in [3.63, 3.8) is 0 Å². The zero-order valence-corrected chi connectivity index (χ0v) is 17.6. The van der Waals surface area contributed by atoms with Crippen molar-refractivity contribution in [1.82, 2.24) is 24.1 Å². The van der Waals surface area contributed by atoms with Gasteiger partial charge in [0.2, 0.25) is 5.78 Å². The van der Waals surface area contributed by atoms with E-state index >= 15 is 0 Å². The van der Waals surface area contributed by atoms with Crippen LogP contribution >= 0.6 is 11.3 Å². The number of nitrogens with zero attached hydrogens (tertiary/aromatic N) is 5. The molecule has 0 bridgehead atoms. The van der Waals surface area contributed by atoms with Gasteiger partial charge in [-0.3, -0.25) is 13.8 Å². The van der Waals surface area contributed by atoms with Gasteiger partial charge in [0.15, 0.2) is 12.4 Å². The number of esters is 1. The number of hydrogen-bond donors (Lipinski definition) is 0. The van der Waals surface area contributed by atoms with E-state index in [4.69, 9.17) is 4.74 Å². The number of hydrogen-bond acceptors (Lipinski definition) is 7. The highest BCUT2D eigenvalue weighted by molar-refractivity contribution is 7.17. The highest BCUT2D eigenvalue weighted by Crippen LogP contribution is 2.28. The number of carbonyl (C=O) groups excluding carboxylic acids is 1. The molecule has 0 N–H and O–H groups in total. The summed E-state index contributed by atoms with van der Waals surface area (Å²) in [6, 6.07) is 16.9. The van der Waals surface area contributed by atoms with Crippen LogP contribution < -0.4 is 5.56 Å². The fourth-order valence-electron chi connectivity index (χ4n) is 3.47. The van der Waals surface area contributed by atoms with Gasteiger partial charge < -0.3 is 4.74 Å². The maximum absolute atomic E-state index is 12.8. The third-order valence-corrected chi connectivity index (χ3v) is 6.21. The number of benzene rings is 2. The summed E-state index contributed by atoms with van der Waals surface area (Å²) < 4.78 is 8.72. The third-order valence-electron chi connectivity index (χ3n) is 5.03. The average molecular weight is 431 g/mol. The lowest BCUT2D eigenvalue weighted by Gasteiger charge is -2.08. The molecule has 5 rings (SSSR count). The Balaban J connectivity index is 1.46. The molecule has 0 radical (unpaired) electrons. The van der Waals surface area contributed by atoms with Gasteiger partial charge in [0.25, 0.3) is 5.56 Å². The summed E-state index contributed by atoms with van der Waals surface area (Å²) in [7, 11) is 1.64. The van der Waals surface area contributed by atoms with E-state index in [1.807, 2.05) is 42.5 Å². The minimum Gasteiger partial charge on any atom is -0.453 e. The minimum atomic E-state index is -0.469. The number of thiazole rings is 1. The largest absolute Gasteiger partial charge is 0.453 e. The molecule has 31 heavy (non-hydrogen) atoms. The van der Waals surface area contributed by atoms with Crippen LogP contribution in [-0.2, 0) is 18.4 Å². The Bertz CT molecular complexity index is 1500. The Morgan fingerprint density at radius 2 is 1.81 bits per heavy atom. The molecule has 0 aliphatic carbocycles. The lowest BCUT2D eigenvalue weighted by molar-refractivity contribution is 0.0466. The fraction of sp³-hybridized carbons (Fsp3) is 0.136. The third kappa shape index (κ3) is 3.19. The molecule has 5 aromatic rings. The van der Waals surface area contributed by atoms with Crippen LogP contribution in [0.25, 0.3) is 27.3 Å². The van der Waals surface area contributed by atoms with E-state index in [1.165, 1.54) is 15.9 Å². The Labute approximate surface area is 180 Å². The van der Waals surface area contributed by atoms with Crippen molar-refractivity contribution >= 4 is 34.0 Å². The summed E-state index contributed by atoms with van der Waals surface area (Å²) in [5, 5.41) is 9.57. The molecule has 0 aliphatic heterocycles. The van der Waals surface area contributed by atoms with Crippen molar-refractivity contribution < 1.29 is 9.53 Å². The number of carbonyl (C=O) groups is 1.